The molecule has 0 aliphatic rings. The summed E-state index contributed by atoms with van der Waals surface area (Å²) in [6.45, 7) is 3.93. The minimum absolute atomic E-state index is 0.477. The number of anilines is 1. The van der Waals surface area contributed by atoms with Gasteiger partial charge in [-0.3, -0.25) is 0 Å². The molecule has 2 rings (SSSR count). The molecule has 0 saturated carbocycles. The van der Waals surface area contributed by atoms with E-state index in [4.69, 9.17) is 5.73 Å². The maximum absolute atomic E-state index is 5.69. The Kier molecular flexibility index (Phi) is 2.37. The Hall–Kier alpha value is -1.91. The second-order valence-electron chi connectivity index (χ2n) is 3.32. The van der Waals surface area contributed by atoms with Crippen LogP contribution in [0.25, 0.3) is 5.82 Å². The van der Waals surface area contributed by atoms with Crippen LogP contribution in [-0.2, 0) is 6.42 Å². The summed E-state index contributed by atoms with van der Waals surface area (Å²) in [6, 6.07) is 3.63. The van der Waals surface area contributed by atoms with Gasteiger partial charge in [0.25, 0.3) is 0 Å². The van der Waals surface area contributed by atoms with E-state index in [1.165, 1.54) is 0 Å². The van der Waals surface area contributed by atoms with Crippen LogP contribution in [0, 0.1) is 6.92 Å². The first kappa shape index (κ1) is 9.64. The van der Waals surface area contributed by atoms with Crippen LogP contribution in [0.5, 0.6) is 0 Å². The molecule has 2 aromatic rings. The van der Waals surface area contributed by atoms with Crippen molar-refractivity contribution >= 4 is 5.82 Å². The number of hydrogen-bond donors (Lipinski definition) is 1. The zero-order valence-corrected chi connectivity index (χ0v) is 8.81. The number of nitrogen functional groups attached to an aromatic ring is 1. The fourth-order valence-corrected chi connectivity index (χ4v) is 1.32. The second kappa shape index (κ2) is 3.68. The molecule has 0 unspecified atom stereocenters. The number of aryl methyl sites for hydroxylation is 2. The van der Waals surface area contributed by atoms with E-state index >= 15 is 0 Å². The van der Waals surface area contributed by atoms with Crippen molar-refractivity contribution in [3.63, 3.8) is 0 Å². The van der Waals surface area contributed by atoms with Crippen LogP contribution in [-0.4, -0.2) is 19.7 Å². The van der Waals surface area contributed by atoms with Crippen LogP contribution in [0.15, 0.2) is 18.3 Å². The summed E-state index contributed by atoms with van der Waals surface area (Å²) in [4.78, 5) is 8.46. The summed E-state index contributed by atoms with van der Waals surface area (Å²) >= 11 is 0. The van der Waals surface area contributed by atoms with Crippen LogP contribution in [0.1, 0.15) is 18.4 Å². The highest BCUT2D eigenvalue weighted by atomic mass is 15.3. The molecule has 0 aromatic carbocycles. The van der Waals surface area contributed by atoms with E-state index in [2.05, 4.69) is 15.1 Å². The van der Waals surface area contributed by atoms with Gasteiger partial charge in [-0.05, 0) is 13.0 Å². The van der Waals surface area contributed by atoms with E-state index < -0.39 is 0 Å². The van der Waals surface area contributed by atoms with Crippen molar-refractivity contribution in [2.45, 2.75) is 20.3 Å². The highest BCUT2D eigenvalue weighted by molar-refractivity contribution is 5.37. The average molecular weight is 203 g/mol. The predicted molar refractivity (Wildman–Crippen MR) is 57.7 cm³/mol. The molecule has 0 atom stereocenters. The minimum atomic E-state index is 0.477. The lowest BCUT2D eigenvalue weighted by Crippen LogP contribution is -2.05. The molecule has 0 saturated heterocycles. The van der Waals surface area contributed by atoms with Gasteiger partial charge in [0.2, 0.25) is 0 Å². The third kappa shape index (κ3) is 1.96. The number of nitrogens with zero attached hydrogens (tertiary/aromatic N) is 4. The lowest BCUT2D eigenvalue weighted by Gasteiger charge is -2.03. The summed E-state index contributed by atoms with van der Waals surface area (Å²) in [6.07, 6.45) is 2.62. The first-order chi connectivity index (χ1) is 7.19. The maximum Gasteiger partial charge on any atom is 0.159 e. The fraction of sp³-hybridized carbons (Fsp3) is 0.300. The molecule has 0 aliphatic carbocycles. The molecule has 0 bridgehead atoms. The van der Waals surface area contributed by atoms with Crippen molar-refractivity contribution in [3.05, 3.63) is 29.8 Å². The van der Waals surface area contributed by atoms with E-state index in [0.717, 1.165) is 17.9 Å². The van der Waals surface area contributed by atoms with Crippen molar-refractivity contribution in [1.29, 1.82) is 0 Å². The third-order valence-corrected chi connectivity index (χ3v) is 2.05. The second-order valence-corrected chi connectivity index (χ2v) is 3.32. The minimum Gasteiger partial charge on any atom is -0.384 e. The van der Waals surface area contributed by atoms with Gasteiger partial charge < -0.3 is 5.73 Å². The van der Waals surface area contributed by atoms with Crippen molar-refractivity contribution in [3.8, 4) is 5.82 Å². The van der Waals surface area contributed by atoms with Gasteiger partial charge in [-0.15, -0.1) is 0 Å². The van der Waals surface area contributed by atoms with Crippen molar-refractivity contribution in [2.24, 2.45) is 0 Å². The fourth-order valence-electron chi connectivity index (χ4n) is 1.32. The molecule has 15 heavy (non-hydrogen) atoms. The lowest BCUT2D eigenvalue weighted by atomic mass is 10.4. The monoisotopic (exact) mass is 203 g/mol. The summed E-state index contributed by atoms with van der Waals surface area (Å²) in [5, 5.41) is 4.27. The maximum atomic E-state index is 5.69. The number of aromatic nitrogens is 4. The quantitative estimate of drug-likeness (QED) is 0.793. The molecule has 2 aromatic heterocycles. The zero-order chi connectivity index (χ0) is 10.8. The zero-order valence-electron chi connectivity index (χ0n) is 8.81. The molecule has 2 N–H and O–H groups in total. The topological polar surface area (TPSA) is 69.6 Å². The predicted octanol–water partition coefficient (Wildman–Crippen LogP) is 1.12. The first-order valence-corrected chi connectivity index (χ1v) is 4.85. The van der Waals surface area contributed by atoms with E-state index in [1.54, 1.807) is 10.7 Å². The first-order valence-electron chi connectivity index (χ1n) is 4.85. The molecule has 0 amide bonds. The Morgan fingerprint density at radius 3 is 2.80 bits per heavy atom. The Bertz CT molecular complexity index is 474. The molecule has 0 radical (unpaired) electrons. The van der Waals surface area contributed by atoms with Gasteiger partial charge in [-0.1, -0.05) is 6.92 Å². The average Bonchev–Trinajstić information content (AvgIpc) is 2.64. The smallest absolute Gasteiger partial charge is 0.159 e. The van der Waals surface area contributed by atoms with Gasteiger partial charge in [0.05, 0.1) is 5.69 Å². The number of hydrogen-bond acceptors (Lipinski definition) is 4. The van der Waals surface area contributed by atoms with Crippen LogP contribution in [0.2, 0.25) is 0 Å². The summed E-state index contributed by atoms with van der Waals surface area (Å²) in [5.41, 5.74) is 6.64. The van der Waals surface area contributed by atoms with Crippen LogP contribution < -0.4 is 5.73 Å². The van der Waals surface area contributed by atoms with Crippen molar-refractivity contribution < 1.29 is 0 Å². The summed E-state index contributed by atoms with van der Waals surface area (Å²) in [7, 11) is 0. The normalized spacial score (nSPS) is 10.5. The highest BCUT2D eigenvalue weighted by Gasteiger charge is 2.03. The van der Waals surface area contributed by atoms with Gasteiger partial charge >= 0.3 is 0 Å². The van der Waals surface area contributed by atoms with Crippen LogP contribution in [0.3, 0.4) is 0 Å². The summed E-state index contributed by atoms with van der Waals surface area (Å²) < 4.78 is 1.70. The standard InChI is InChI=1S/C10H13N5/c1-3-9-12-8(11)6-10(13-9)15-5-4-7(2)14-15/h4-6H,3H2,1-2H3,(H2,11,12,13). The number of nitrogens with two attached hydrogens (primary N) is 1. The van der Waals surface area contributed by atoms with Crippen LogP contribution >= 0.6 is 0 Å². The van der Waals surface area contributed by atoms with Gasteiger partial charge in [0.1, 0.15) is 11.6 Å². The number of rotatable bonds is 2. The Morgan fingerprint density at radius 1 is 1.40 bits per heavy atom. The van der Waals surface area contributed by atoms with E-state index in [0.29, 0.717) is 11.6 Å². The molecule has 0 fully saturated rings. The van der Waals surface area contributed by atoms with Gasteiger partial charge in [-0.2, -0.15) is 5.10 Å². The SMILES string of the molecule is CCc1nc(N)cc(-n2ccc(C)n2)n1. The van der Waals surface area contributed by atoms with Crippen molar-refractivity contribution in [1.82, 2.24) is 19.7 Å². The van der Waals surface area contributed by atoms with Gasteiger partial charge in [0, 0.05) is 18.7 Å². The largest absolute Gasteiger partial charge is 0.384 e. The van der Waals surface area contributed by atoms with E-state index in [-0.39, 0.29) is 0 Å². The van der Waals surface area contributed by atoms with Crippen molar-refractivity contribution in [2.75, 3.05) is 5.73 Å². The Morgan fingerprint density at radius 2 is 2.20 bits per heavy atom. The molecular formula is C10H13N5. The molecule has 5 nitrogen and oxygen atoms in total. The van der Waals surface area contributed by atoms with Gasteiger partial charge in [0.15, 0.2) is 5.82 Å². The van der Waals surface area contributed by atoms with Crippen LogP contribution in [0.4, 0.5) is 5.82 Å². The molecular weight excluding hydrogens is 190 g/mol. The molecule has 78 valence electrons. The lowest BCUT2D eigenvalue weighted by molar-refractivity contribution is 0.805. The van der Waals surface area contributed by atoms with E-state index in [9.17, 15) is 0 Å². The third-order valence-electron chi connectivity index (χ3n) is 2.05. The Balaban J connectivity index is 2.48. The Labute approximate surface area is 88.0 Å². The van der Waals surface area contributed by atoms with Gasteiger partial charge in [-0.25, -0.2) is 14.6 Å². The molecule has 0 aliphatic heterocycles. The summed E-state index contributed by atoms with van der Waals surface area (Å²) in [5.74, 6) is 1.93. The molecule has 5 heteroatoms. The van der Waals surface area contributed by atoms with E-state index in [1.807, 2.05) is 26.1 Å². The molecule has 2 heterocycles. The molecule has 0 spiro atoms. The highest BCUT2D eigenvalue weighted by Crippen LogP contribution is 2.08.